The molecule has 0 aliphatic heterocycles. The van der Waals surface area contributed by atoms with Gasteiger partial charge >= 0.3 is 5.37 Å². The molecule has 0 radical (unpaired) electrons. The highest BCUT2D eigenvalue weighted by Crippen LogP contribution is 2.21. The molecule has 1 aromatic rings. The first-order chi connectivity index (χ1) is 6.02. The van der Waals surface area contributed by atoms with Crippen LogP contribution in [0.25, 0.3) is 0 Å². The molecule has 0 saturated heterocycles. The first kappa shape index (κ1) is 10.1. The Kier molecular flexibility index (Phi) is 2.94. The van der Waals surface area contributed by atoms with Gasteiger partial charge in [-0.25, -0.2) is 0 Å². The Labute approximate surface area is 82.9 Å². The normalized spacial score (nSPS) is 9.85. The second-order valence-electron chi connectivity index (χ2n) is 3.08. The van der Waals surface area contributed by atoms with Crippen LogP contribution >= 0.6 is 11.6 Å². The minimum Gasteiger partial charge on any atom is -0.312 e. The standard InChI is InChI=1S/C10H12ClNO/c1-6-4-5-9(12-10(11)13)8(3)7(6)2/h4-5H,1-3H3,(H,12,13). The third-order valence-corrected chi connectivity index (χ3v) is 2.39. The zero-order valence-corrected chi connectivity index (χ0v) is 8.70. The predicted molar refractivity (Wildman–Crippen MR) is 55.5 cm³/mol. The zero-order chi connectivity index (χ0) is 10.0. The predicted octanol–water partition coefficient (Wildman–Crippen LogP) is 3.38. The molecule has 70 valence electrons. The summed E-state index contributed by atoms with van der Waals surface area (Å²) in [6.45, 7) is 6.02. The van der Waals surface area contributed by atoms with Gasteiger partial charge in [0.1, 0.15) is 0 Å². The van der Waals surface area contributed by atoms with Crippen molar-refractivity contribution in [3.63, 3.8) is 0 Å². The van der Waals surface area contributed by atoms with E-state index in [2.05, 4.69) is 5.32 Å². The van der Waals surface area contributed by atoms with Crippen molar-refractivity contribution in [2.24, 2.45) is 0 Å². The molecule has 2 nitrogen and oxygen atoms in total. The van der Waals surface area contributed by atoms with Crippen molar-refractivity contribution in [1.29, 1.82) is 0 Å². The quantitative estimate of drug-likeness (QED) is 0.543. The number of aryl methyl sites for hydroxylation is 1. The van der Waals surface area contributed by atoms with Crippen LogP contribution in [-0.4, -0.2) is 5.37 Å². The van der Waals surface area contributed by atoms with Crippen LogP contribution in [0.4, 0.5) is 10.5 Å². The molecule has 3 heteroatoms. The van der Waals surface area contributed by atoms with Gasteiger partial charge in [0.2, 0.25) is 0 Å². The molecule has 1 rings (SSSR count). The SMILES string of the molecule is Cc1ccc(NC(=O)Cl)c(C)c1C. The summed E-state index contributed by atoms with van der Waals surface area (Å²) < 4.78 is 0. The molecule has 0 aliphatic carbocycles. The molecule has 0 saturated carbocycles. The fraction of sp³-hybridized carbons (Fsp3) is 0.300. The third kappa shape index (κ3) is 2.22. The van der Waals surface area contributed by atoms with Crippen molar-refractivity contribution in [2.75, 3.05) is 5.32 Å². The Balaban J connectivity index is 3.10. The van der Waals surface area contributed by atoms with E-state index in [1.165, 1.54) is 11.1 Å². The fourth-order valence-corrected chi connectivity index (χ4v) is 1.30. The summed E-state index contributed by atoms with van der Waals surface area (Å²) >= 11 is 5.23. The van der Waals surface area contributed by atoms with E-state index in [0.29, 0.717) is 0 Å². The van der Waals surface area contributed by atoms with E-state index in [1.54, 1.807) is 0 Å². The van der Waals surface area contributed by atoms with Crippen LogP contribution in [0.3, 0.4) is 0 Å². The number of halogens is 1. The van der Waals surface area contributed by atoms with E-state index in [-0.39, 0.29) is 0 Å². The maximum atomic E-state index is 10.6. The number of hydrogen-bond acceptors (Lipinski definition) is 1. The first-order valence-corrected chi connectivity index (χ1v) is 4.43. The molecule has 13 heavy (non-hydrogen) atoms. The molecule has 0 unspecified atom stereocenters. The lowest BCUT2D eigenvalue weighted by Gasteiger charge is -2.10. The third-order valence-electron chi connectivity index (χ3n) is 2.29. The lowest BCUT2D eigenvalue weighted by atomic mass is 10.0. The monoisotopic (exact) mass is 197 g/mol. The minimum atomic E-state index is -0.550. The molecular formula is C10H12ClNO. The van der Waals surface area contributed by atoms with Crippen LogP contribution < -0.4 is 5.32 Å². The average Bonchev–Trinajstić information content (AvgIpc) is 2.06. The van der Waals surface area contributed by atoms with Crippen molar-refractivity contribution in [3.05, 3.63) is 28.8 Å². The van der Waals surface area contributed by atoms with Gasteiger partial charge in [0.05, 0.1) is 0 Å². The number of carbonyl (C=O) groups excluding carboxylic acids is 1. The van der Waals surface area contributed by atoms with Gasteiger partial charge in [0, 0.05) is 5.69 Å². The van der Waals surface area contributed by atoms with E-state index in [1.807, 2.05) is 32.9 Å². The van der Waals surface area contributed by atoms with Crippen LogP contribution in [0.2, 0.25) is 0 Å². The van der Waals surface area contributed by atoms with Crippen molar-refractivity contribution >= 4 is 22.7 Å². The fourth-order valence-electron chi connectivity index (χ4n) is 1.20. The molecule has 1 amide bonds. The van der Waals surface area contributed by atoms with E-state index in [0.717, 1.165) is 11.3 Å². The molecular weight excluding hydrogens is 186 g/mol. The smallest absolute Gasteiger partial charge is 0.312 e. The number of benzene rings is 1. The summed E-state index contributed by atoms with van der Waals surface area (Å²) in [5, 5.41) is 2.02. The lowest BCUT2D eigenvalue weighted by molar-refractivity contribution is 0.269. The van der Waals surface area contributed by atoms with Crippen molar-refractivity contribution in [1.82, 2.24) is 0 Å². The highest BCUT2D eigenvalue weighted by atomic mass is 35.5. The zero-order valence-electron chi connectivity index (χ0n) is 7.94. The van der Waals surface area contributed by atoms with Gasteiger partial charge in [0.25, 0.3) is 0 Å². The van der Waals surface area contributed by atoms with Crippen LogP contribution in [0.5, 0.6) is 0 Å². The Morgan fingerprint density at radius 2 is 1.85 bits per heavy atom. The Morgan fingerprint density at radius 3 is 2.38 bits per heavy atom. The van der Waals surface area contributed by atoms with Gasteiger partial charge in [-0.1, -0.05) is 6.07 Å². The Hall–Kier alpha value is -1.02. The van der Waals surface area contributed by atoms with Gasteiger partial charge in [-0.3, -0.25) is 4.79 Å². The van der Waals surface area contributed by atoms with Gasteiger partial charge in [-0.2, -0.15) is 0 Å². The highest BCUT2D eigenvalue weighted by molar-refractivity contribution is 6.65. The largest absolute Gasteiger partial charge is 0.318 e. The molecule has 1 N–H and O–H groups in total. The summed E-state index contributed by atoms with van der Waals surface area (Å²) in [5.41, 5.74) is 4.24. The molecule has 0 fully saturated rings. The number of amides is 1. The number of rotatable bonds is 1. The maximum Gasteiger partial charge on any atom is 0.318 e. The summed E-state index contributed by atoms with van der Waals surface area (Å²) in [6, 6.07) is 3.82. The van der Waals surface area contributed by atoms with E-state index < -0.39 is 5.37 Å². The van der Waals surface area contributed by atoms with Crippen molar-refractivity contribution in [3.8, 4) is 0 Å². The maximum absolute atomic E-state index is 10.6. The molecule has 0 spiro atoms. The number of nitrogens with one attached hydrogen (secondary N) is 1. The van der Waals surface area contributed by atoms with Crippen molar-refractivity contribution < 1.29 is 4.79 Å². The highest BCUT2D eigenvalue weighted by Gasteiger charge is 2.04. The second-order valence-corrected chi connectivity index (χ2v) is 3.42. The van der Waals surface area contributed by atoms with Gasteiger partial charge in [0.15, 0.2) is 0 Å². The van der Waals surface area contributed by atoms with E-state index >= 15 is 0 Å². The van der Waals surface area contributed by atoms with Crippen LogP contribution in [0.1, 0.15) is 16.7 Å². The summed E-state index contributed by atoms with van der Waals surface area (Å²) in [6.07, 6.45) is 0. The van der Waals surface area contributed by atoms with Gasteiger partial charge < -0.3 is 5.32 Å². The minimum absolute atomic E-state index is 0.550. The van der Waals surface area contributed by atoms with Crippen LogP contribution in [-0.2, 0) is 0 Å². The second kappa shape index (κ2) is 3.79. The first-order valence-electron chi connectivity index (χ1n) is 4.05. The molecule has 0 aliphatic rings. The molecule has 0 aromatic heterocycles. The van der Waals surface area contributed by atoms with E-state index in [4.69, 9.17) is 11.6 Å². The van der Waals surface area contributed by atoms with Crippen LogP contribution in [0.15, 0.2) is 12.1 Å². The van der Waals surface area contributed by atoms with Gasteiger partial charge in [-0.15, -0.1) is 0 Å². The number of anilines is 1. The van der Waals surface area contributed by atoms with Gasteiger partial charge in [-0.05, 0) is 55.1 Å². The van der Waals surface area contributed by atoms with E-state index in [9.17, 15) is 4.79 Å². The number of hydrogen-bond donors (Lipinski definition) is 1. The lowest BCUT2D eigenvalue weighted by Crippen LogP contribution is -2.04. The summed E-state index contributed by atoms with van der Waals surface area (Å²) in [5.74, 6) is 0. The molecule has 0 bridgehead atoms. The molecule has 1 aromatic carbocycles. The number of carbonyl (C=O) groups is 1. The Morgan fingerprint density at radius 1 is 1.23 bits per heavy atom. The average molecular weight is 198 g/mol. The van der Waals surface area contributed by atoms with Crippen LogP contribution in [0, 0.1) is 20.8 Å². The summed E-state index contributed by atoms with van der Waals surface area (Å²) in [4.78, 5) is 10.6. The molecule has 0 heterocycles. The topological polar surface area (TPSA) is 29.1 Å². The Bertz CT molecular complexity index is 347. The summed E-state index contributed by atoms with van der Waals surface area (Å²) in [7, 11) is 0. The molecule has 0 atom stereocenters. The van der Waals surface area contributed by atoms with Crippen molar-refractivity contribution in [2.45, 2.75) is 20.8 Å².